The summed E-state index contributed by atoms with van der Waals surface area (Å²) in [5.41, 5.74) is 1.96. The summed E-state index contributed by atoms with van der Waals surface area (Å²) in [6.45, 7) is 1.65. The first-order valence-corrected chi connectivity index (χ1v) is 10.5. The van der Waals surface area contributed by atoms with Gasteiger partial charge in [-0.3, -0.25) is 4.79 Å². The molecule has 1 fully saturated rings. The molecule has 2 aromatic rings. The number of amides is 1. The number of nitrogens with zero attached hydrogens (tertiary/aromatic N) is 1. The third-order valence-corrected chi connectivity index (χ3v) is 6.03. The fraction of sp³-hybridized carbons (Fsp3) is 0.381. The average Bonchev–Trinajstić information content (AvgIpc) is 2.65. The minimum absolute atomic E-state index is 0.155. The quantitative estimate of drug-likeness (QED) is 0.675. The van der Waals surface area contributed by atoms with Gasteiger partial charge in [-0.15, -0.1) is 11.8 Å². The van der Waals surface area contributed by atoms with Gasteiger partial charge >= 0.3 is 0 Å². The summed E-state index contributed by atoms with van der Waals surface area (Å²) < 4.78 is 13.8. The third kappa shape index (κ3) is 5.49. The van der Waals surface area contributed by atoms with E-state index in [1.165, 1.54) is 23.4 Å². The lowest BCUT2D eigenvalue weighted by atomic mass is 9.90. The van der Waals surface area contributed by atoms with E-state index in [4.69, 9.17) is 11.6 Å². The highest BCUT2D eigenvalue weighted by Crippen LogP contribution is 2.23. The van der Waals surface area contributed by atoms with Gasteiger partial charge in [0.25, 0.3) is 0 Å². The Labute approximate surface area is 163 Å². The van der Waals surface area contributed by atoms with Crippen LogP contribution in [0, 0.1) is 11.7 Å². The van der Waals surface area contributed by atoms with Crippen LogP contribution in [0.2, 0.25) is 5.02 Å². The zero-order chi connectivity index (χ0) is 18.4. The summed E-state index contributed by atoms with van der Waals surface area (Å²) >= 11 is 7.22. The van der Waals surface area contributed by atoms with E-state index in [1.807, 2.05) is 11.0 Å². The van der Waals surface area contributed by atoms with E-state index in [0.717, 1.165) is 32.4 Å². The van der Waals surface area contributed by atoms with Gasteiger partial charge in [-0.25, -0.2) is 4.39 Å². The minimum Gasteiger partial charge on any atom is -0.342 e. The zero-order valence-corrected chi connectivity index (χ0v) is 16.2. The highest BCUT2D eigenvalue weighted by Gasteiger charge is 2.22. The molecule has 5 heteroatoms. The maximum atomic E-state index is 13.8. The van der Waals surface area contributed by atoms with Crippen LogP contribution in [0.5, 0.6) is 0 Å². The zero-order valence-electron chi connectivity index (χ0n) is 14.7. The third-order valence-electron chi connectivity index (χ3n) is 4.83. The van der Waals surface area contributed by atoms with Gasteiger partial charge in [-0.2, -0.15) is 0 Å². The molecule has 0 bridgehead atoms. The van der Waals surface area contributed by atoms with Gasteiger partial charge in [-0.05, 0) is 48.4 Å². The van der Waals surface area contributed by atoms with Gasteiger partial charge in [0.1, 0.15) is 5.82 Å². The smallest absolute Gasteiger partial charge is 0.232 e. The second-order valence-electron chi connectivity index (χ2n) is 6.74. The molecular weight excluding hydrogens is 369 g/mol. The molecule has 0 N–H and O–H groups in total. The van der Waals surface area contributed by atoms with Crippen molar-refractivity contribution in [2.75, 3.05) is 18.8 Å². The number of carbonyl (C=O) groups is 1. The fourth-order valence-electron chi connectivity index (χ4n) is 3.31. The van der Waals surface area contributed by atoms with Crippen LogP contribution in [0.15, 0.2) is 48.5 Å². The van der Waals surface area contributed by atoms with Crippen LogP contribution >= 0.6 is 23.4 Å². The van der Waals surface area contributed by atoms with Crippen molar-refractivity contribution in [2.24, 2.45) is 5.92 Å². The molecule has 1 amide bonds. The van der Waals surface area contributed by atoms with Crippen molar-refractivity contribution in [3.63, 3.8) is 0 Å². The van der Waals surface area contributed by atoms with Crippen LogP contribution in [0.3, 0.4) is 0 Å². The number of hydrogen-bond donors (Lipinski definition) is 0. The Kier molecular flexibility index (Phi) is 6.98. The predicted octanol–water partition coefficient (Wildman–Crippen LogP) is 5.19. The van der Waals surface area contributed by atoms with E-state index in [1.54, 1.807) is 12.1 Å². The SMILES string of the molecule is O=C(CSCc1ccc(Cl)cc1F)N1CCC(Cc2ccccc2)CC1. The van der Waals surface area contributed by atoms with Crippen LogP contribution in [-0.4, -0.2) is 29.6 Å². The number of benzene rings is 2. The molecule has 2 aromatic carbocycles. The highest BCUT2D eigenvalue weighted by molar-refractivity contribution is 7.99. The Balaban J connectivity index is 1.39. The lowest BCUT2D eigenvalue weighted by molar-refractivity contribution is -0.129. The molecule has 1 aliphatic rings. The van der Waals surface area contributed by atoms with E-state index in [0.29, 0.717) is 28.0 Å². The molecule has 0 atom stereocenters. The number of halogens is 2. The summed E-state index contributed by atoms with van der Waals surface area (Å²) in [4.78, 5) is 14.3. The van der Waals surface area contributed by atoms with E-state index in [2.05, 4.69) is 24.3 Å². The molecule has 1 aliphatic heterocycles. The first-order chi connectivity index (χ1) is 12.6. The highest BCUT2D eigenvalue weighted by atomic mass is 35.5. The Morgan fingerprint density at radius 2 is 1.88 bits per heavy atom. The molecule has 0 aromatic heterocycles. The summed E-state index contributed by atoms with van der Waals surface area (Å²) in [6, 6.07) is 15.2. The van der Waals surface area contributed by atoms with Crippen molar-refractivity contribution in [1.82, 2.24) is 4.90 Å². The van der Waals surface area contributed by atoms with Gasteiger partial charge in [0.15, 0.2) is 0 Å². The second-order valence-corrected chi connectivity index (χ2v) is 8.16. The molecule has 26 heavy (non-hydrogen) atoms. The molecule has 0 saturated carbocycles. The number of thioether (sulfide) groups is 1. The first kappa shape index (κ1) is 19.2. The lowest BCUT2D eigenvalue weighted by Crippen LogP contribution is -2.39. The van der Waals surface area contributed by atoms with E-state index in [9.17, 15) is 9.18 Å². The van der Waals surface area contributed by atoms with Crippen molar-refractivity contribution < 1.29 is 9.18 Å². The van der Waals surface area contributed by atoms with Gasteiger partial charge in [-0.1, -0.05) is 48.0 Å². The number of rotatable bonds is 6. The molecule has 1 saturated heterocycles. The Bertz CT molecular complexity index is 732. The Hall–Kier alpha value is -1.52. The van der Waals surface area contributed by atoms with Crippen molar-refractivity contribution in [3.8, 4) is 0 Å². The van der Waals surface area contributed by atoms with Gasteiger partial charge in [0, 0.05) is 23.9 Å². The maximum absolute atomic E-state index is 13.8. The van der Waals surface area contributed by atoms with Gasteiger partial charge in [0.05, 0.1) is 5.75 Å². The largest absolute Gasteiger partial charge is 0.342 e. The Morgan fingerprint density at radius 3 is 2.58 bits per heavy atom. The van der Waals surface area contributed by atoms with E-state index in [-0.39, 0.29) is 11.7 Å². The second kappa shape index (κ2) is 9.43. The van der Waals surface area contributed by atoms with Crippen LogP contribution in [0.25, 0.3) is 0 Å². The summed E-state index contributed by atoms with van der Waals surface area (Å²) in [6.07, 6.45) is 3.20. The molecule has 2 nitrogen and oxygen atoms in total. The standard InChI is InChI=1S/C21H23ClFNOS/c22-19-7-6-18(20(23)13-19)14-26-15-21(25)24-10-8-17(9-11-24)12-16-4-2-1-3-5-16/h1-7,13,17H,8-12,14-15H2. The van der Waals surface area contributed by atoms with Crippen molar-refractivity contribution in [3.05, 3.63) is 70.5 Å². The lowest BCUT2D eigenvalue weighted by Gasteiger charge is -2.32. The van der Waals surface area contributed by atoms with Crippen LogP contribution in [0.4, 0.5) is 4.39 Å². The average molecular weight is 392 g/mol. The van der Waals surface area contributed by atoms with E-state index < -0.39 is 0 Å². The Morgan fingerprint density at radius 1 is 1.15 bits per heavy atom. The van der Waals surface area contributed by atoms with Gasteiger partial charge < -0.3 is 4.90 Å². The van der Waals surface area contributed by atoms with Crippen LogP contribution in [-0.2, 0) is 17.0 Å². The molecule has 0 unspecified atom stereocenters. The molecule has 138 valence electrons. The number of carbonyl (C=O) groups excluding carboxylic acids is 1. The number of likely N-dealkylation sites (tertiary alicyclic amines) is 1. The van der Waals surface area contributed by atoms with Crippen molar-refractivity contribution >= 4 is 29.3 Å². The van der Waals surface area contributed by atoms with Gasteiger partial charge in [0.2, 0.25) is 5.91 Å². The van der Waals surface area contributed by atoms with E-state index >= 15 is 0 Å². The van der Waals surface area contributed by atoms with Crippen LogP contribution in [0.1, 0.15) is 24.0 Å². The first-order valence-electron chi connectivity index (χ1n) is 8.95. The fourth-order valence-corrected chi connectivity index (χ4v) is 4.38. The topological polar surface area (TPSA) is 20.3 Å². The normalized spacial score (nSPS) is 15.2. The predicted molar refractivity (Wildman–Crippen MR) is 107 cm³/mol. The summed E-state index contributed by atoms with van der Waals surface area (Å²) in [7, 11) is 0. The van der Waals surface area contributed by atoms with Crippen molar-refractivity contribution in [1.29, 1.82) is 0 Å². The number of hydrogen-bond acceptors (Lipinski definition) is 2. The molecule has 0 spiro atoms. The minimum atomic E-state index is -0.306. The number of piperidine rings is 1. The van der Waals surface area contributed by atoms with Crippen LogP contribution < -0.4 is 0 Å². The summed E-state index contributed by atoms with van der Waals surface area (Å²) in [5.74, 6) is 1.38. The summed E-state index contributed by atoms with van der Waals surface area (Å²) in [5, 5.41) is 0.394. The molecule has 0 aliphatic carbocycles. The maximum Gasteiger partial charge on any atom is 0.232 e. The molecule has 3 rings (SSSR count). The molecular formula is C21H23ClFNOS. The monoisotopic (exact) mass is 391 g/mol. The molecule has 1 heterocycles. The van der Waals surface area contributed by atoms with Crippen molar-refractivity contribution in [2.45, 2.75) is 25.0 Å². The molecule has 0 radical (unpaired) electrons.